The summed E-state index contributed by atoms with van der Waals surface area (Å²) in [4.78, 5) is 6.25. The topological polar surface area (TPSA) is 76.3 Å². The minimum Gasteiger partial charge on any atom is -0.504 e. The van der Waals surface area contributed by atoms with Gasteiger partial charge in [-0.3, -0.25) is 4.99 Å². The van der Waals surface area contributed by atoms with Gasteiger partial charge in [0.1, 0.15) is 0 Å². The smallest absolute Gasteiger partial charge is 0.175 e. The third kappa shape index (κ3) is 1.64. The Morgan fingerprint density at radius 1 is 1.28 bits per heavy atom. The molecule has 96 valence electrons. The lowest BCUT2D eigenvalue weighted by atomic mass is 10.0. The van der Waals surface area contributed by atoms with Crippen LogP contribution in [0.15, 0.2) is 23.2 Å². The van der Waals surface area contributed by atoms with Crippen molar-refractivity contribution in [2.24, 2.45) is 4.99 Å². The largest absolute Gasteiger partial charge is 0.504 e. The quantitative estimate of drug-likeness (QED) is 0.662. The van der Waals surface area contributed by atoms with Crippen molar-refractivity contribution in [3.05, 3.63) is 23.8 Å². The van der Waals surface area contributed by atoms with Gasteiger partial charge in [-0.15, -0.1) is 0 Å². The van der Waals surface area contributed by atoms with E-state index < -0.39 is 5.72 Å². The maximum absolute atomic E-state index is 10.8. The van der Waals surface area contributed by atoms with Crippen LogP contribution in [0.1, 0.15) is 12.0 Å². The molecule has 0 bridgehead atoms. The minimum absolute atomic E-state index is 0.180. The van der Waals surface area contributed by atoms with Crippen LogP contribution in [0.3, 0.4) is 0 Å². The number of aromatic hydroxyl groups is 2. The number of rotatable bonds is 1. The number of hydrogen-bond donors (Lipinski definition) is 3. The molecule has 1 aromatic rings. The Kier molecular flexibility index (Phi) is 2.64. The van der Waals surface area contributed by atoms with Crippen LogP contribution >= 0.6 is 11.8 Å². The molecule has 0 radical (unpaired) electrons. The summed E-state index contributed by atoms with van der Waals surface area (Å²) < 4.78 is 0. The van der Waals surface area contributed by atoms with Crippen LogP contribution in [0.4, 0.5) is 0 Å². The lowest BCUT2D eigenvalue weighted by Gasteiger charge is -2.36. The summed E-state index contributed by atoms with van der Waals surface area (Å²) in [6, 6.07) is 4.44. The number of fused-ring (bicyclic) bond motifs is 1. The number of phenols is 2. The summed E-state index contributed by atoms with van der Waals surface area (Å²) in [7, 11) is 0. The molecule has 1 atom stereocenters. The molecule has 2 heterocycles. The predicted molar refractivity (Wildman–Crippen MR) is 69.8 cm³/mol. The molecular weight excluding hydrogens is 252 g/mol. The first-order valence-corrected chi connectivity index (χ1v) is 6.79. The molecule has 1 fully saturated rings. The van der Waals surface area contributed by atoms with Crippen molar-refractivity contribution < 1.29 is 15.3 Å². The minimum atomic E-state index is -1.14. The van der Waals surface area contributed by atoms with Crippen LogP contribution in [0.25, 0.3) is 0 Å². The molecule has 5 nitrogen and oxygen atoms in total. The Morgan fingerprint density at radius 2 is 2.11 bits per heavy atom. The number of amidine groups is 1. The fraction of sp³-hybridized carbons (Fsp3) is 0.417. The molecule has 2 aliphatic rings. The molecule has 1 saturated heterocycles. The number of nitrogens with zero attached hydrogens (tertiary/aromatic N) is 2. The second kappa shape index (κ2) is 4.07. The third-order valence-corrected chi connectivity index (χ3v) is 4.46. The lowest BCUT2D eigenvalue weighted by molar-refractivity contribution is -0.0498. The van der Waals surface area contributed by atoms with E-state index in [1.807, 2.05) is 4.90 Å². The highest BCUT2D eigenvalue weighted by atomic mass is 32.2. The highest BCUT2D eigenvalue weighted by molar-refractivity contribution is 8.14. The highest BCUT2D eigenvalue weighted by Crippen LogP contribution is 2.42. The van der Waals surface area contributed by atoms with Crippen molar-refractivity contribution in [2.75, 3.05) is 18.8 Å². The van der Waals surface area contributed by atoms with E-state index in [2.05, 4.69) is 4.99 Å². The zero-order chi connectivity index (χ0) is 12.8. The van der Waals surface area contributed by atoms with Crippen LogP contribution in [-0.2, 0) is 5.72 Å². The molecule has 0 saturated carbocycles. The van der Waals surface area contributed by atoms with Gasteiger partial charge in [0.05, 0.1) is 5.75 Å². The van der Waals surface area contributed by atoms with Crippen LogP contribution in [0, 0.1) is 0 Å². The van der Waals surface area contributed by atoms with Crippen molar-refractivity contribution in [1.29, 1.82) is 0 Å². The van der Waals surface area contributed by atoms with Crippen molar-refractivity contribution in [2.45, 2.75) is 12.1 Å². The fourth-order valence-electron chi connectivity index (χ4n) is 2.31. The van der Waals surface area contributed by atoms with Gasteiger partial charge in [-0.1, -0.05) is 17.8 Å². The zero-order valence-electron chi connectivity index (χ0n) is 9.70. The van der Waals surface area contributed by atoms with Gasteiger partial charge in [0.15, 0.2) is 22.4 Å². The van der Waals surface area contributed by atoms with E-state index in [1.165, 1.54) is 23.9 Å². The molecule has 1 aromatic carbocycles. The van der Waals surface area contributed by atoms with E-state index in [1.54, 1.807) is 6.07 Å². The predicted octanol–water partition coefficient (Wildman–Crippen LogP) is 1.05. The highest BCUT2D eigenvalue weighted by Gasteiger charge is 2.45. The molecule has 18 heavy (non-hydrogen) atoms. The average Bonchev–Trinajstić information content (AvgIpc) is 2.73. The molecule has 0 aromatic heterocycles. The summed E-state index contributed by atoms with van der Waals surface area (Å²) in [6.45, 7) is 1.56. The average molecular weight is 266 g/mol. The SMILES string of the molecule is Oc1ccc(C2(O)CSC3=NCCCN32)cc1O. The molecular formula is C12H14N2O3S. The molecule has 0 aliphatic carbocycles. The first kappa shape index (κ1) is 11.7. The maximum Gasteiger partial charge on any atom is 0.175 e. The first-order valence-electron chi connectivity index (χ1n) is 5.81. The summed E-state index contributed by atoms with van der Waals surface area (Å²) in [5, 5.41) is 30.5. The monoisotopic (exact) mass is 266 g/mol. The van der Waals surface area contributed by atoms with E-state index in [4.69, 9.17) is 0 Å². The van der Waals surface area contributed by atoms with Gasteiger partial charge in [0.2, 0.25) is 0 Å². The molecule has 2 aliphatic heterocycles. The molecule has 6 heteroatoms. The number of benzene rings is 1. The number of aliphatic imine (C=N–C) groups is 1. The molecule has 3 N–H and O–H groups in total. The number of thioether (sulfide) groups is 1. The van der Waals surface area contributed by atoms with Gasteiger partial charge < -0.3 is 20.2 Å². The van der Waals surface area contributed by atoms with Crippen molar-refractivity contribution in [3.8, 4) is 11.5 Å². The summed E-state index contributed by atoms with van der Waals surface area (Å²) >= 11 is 1.52. The van der Waals surface area contributed by atoms with Crippen LogP contribution in [-0.4, -0.2) is 44.2 Å². The Balaban J connectivity index is 2.02. The van der Waals surface area contributed by atoms with Crippen LogP contribution in [0.2, 0.25) is 0 Å². The number of phenolic OH excluding ortho intramolecular Hbond substituents is 2. The van der Waals surface area contributed by atoms with Gasteiger partial charge >= 0.3 is 0 Å². The first-order chi connectivity index (χ1) is 8.61. The summed E-state index contributed by atoms with van der Waals surface area (Å²) in [6.07, 6.45) is 0.913. The molecule has 1 unspecified atom stereocenters. The zero-order valence-corrected chi connectivity index (χ0v) is 10.5. The van der Waals surface area contributed by atoms with Gasteiger partial charge in [-0.2, -0.15) is 0 Å². The van der Waals surface area contributed by atoms with E-state index in [-0.39, 0.29) is 11.5 Å². The maximum atomic E-state index is 10.8. The van der Waals surface area contributed by atoms with Gasteiger partial charge in [-0.05, 0) is 18.6 Å². The molecule has 3 rings (SSSR count). The Labute approximate surface area is 109 Å². The van der Waals surface area contributed by atoms with E-state index in [9.17, 15) is 15.3 Å². The van der Waals surface area contributed by atoms with Crippen molar-refractivity contribution >= 4 is 16.9 Å². The Morgan fingerprint density at radius 3 is 2.89 bits per heavy atom. The second-order valence-electron chi connectivity index (χ2n) is 4.48. The van der Waals surface area contributed by atoms with Gasteiger partial charge in [0, 0.05) is 18.7 Å². The normalized spacial score (nSPS) is 26.9. The second-order valence-corrected chi connectivity index (χ2v) is 5.42. The van der Waals surface area contributed by atoms with Crippen molar-refractivity contribution in [3.63, 3.8) is 0 Å². The molecule has 0 amide bonds. The van der Waals surface area contributed by atoms with E-state index >= 15 is 0 Å². The van der Waals surface area contributed by atoms with Crippen LogP contribution in [0.5, 0.6) is 11.5 Å². The number of hydrogen-bond acceptors (Lipinski definition) is 6. The third-order valence-electron chi connectivity index (χ3n) is 3.30. The van der Waals surface area contributed by atoms with Crippen LogP contribution < -0.4 is 0 Å². The van der Waals surface area contributed by atoms with Crippen molar-refractivity contribution in [1.82, 2.24) is 4.90 Å². The number of aliphatic hydroxyl groups is 1. The standard InChI is InChI=1S/C12H14N2O3S/c15-9-3-2-8(6-10(9)16)12(17)7-18-11-13-4-1-5-14(11)12/h2-3,6,15-17H,1,4-5,7H2. The Hall–Kier alpha value is -1.40. The lowest BCUT2D eigenvalue weighted by Crippen LogP contribution is -2.46. The Bertz CT molecular complexity index is 520. The van der Waals surface area contributed by atoms with Gasteiger partial charge in [-0.25, -0.2) is 0 Å². The fourth-order valence-corrected chi connectivity index (χ4v) is 3.54. The summed E-state index contributed by atoms with van der Waals surface area (Å²) in [5.41, 5.74) is -0.563. The van der Waals surface area contributed by atoms with E-state index in [0.29, 0.717) is 11.3 Å². The van der Waals surface area contributed by atoms with E-state index in [0.717, 1.165) is 24.7 Å². The molecule has 0 spiro atoms. The summed E-state index contributed by atoms with van der Waals surface area (Å²) in [5.74, 6) is 0.0876. The van der Waals surface area contributed by atoms with Gasteiger partial charge in [0.25, 0.3) is 0 Å².